The third-order valence-electron chi connectivity index (χ3n) is 3.56. The van der Waals surface area contributed by atoms with Crippen molar-refractivity contribution >= 4 is 5.69 Å². The maximum Gasteiger partial charge on any atom is 0.124 e. The van der Waals surface area contributed by atoms with E-state index in [0.717, 1.165) is 23.4 Å². The van der Waals surface area contributed by atoms with E-state index in [2.05, 4.69) is 24.4 Å². The Morgan fingerprint density at radius 2 is 1.77 bits per heavy atom. The fourth-order valence-corrected chi connectivity index (χ4v) is 2.44. The standard InChI is InChI=1S/C18H23NO3/c1-13(10-14-4-7-17(21-2)8-5-14)19-16-6-9-18(22-3)15(11-16)12-20/h4-9,11,13,19-20H,10,12H2,1-3H3. The van der Waals surface area contributed by atoms with Crippen molar-refractivity contribution in [2.75, 3.05) is 19.5 Å². The first-order chi connectivity index (χ1) is 10.7. The predicted molar refractivity (Wildman–Crippen MR) is 88.7 cm³/mol. The number of hydrogen-bond acceptors (Lipinski definition) is 4. The van der Waals surface area contributed by atoms with E-state index >= 15 is 0 Å². The minimum atomic E-state index is -0.0362. The Bertz CT molecular complexity index is 596. The molecule has 0 aromatic heterocycles. The minimum Gasteiger partial charge on any atom is -0.497 e. The van der Waals surface area contributed by atoms with Crippen LogP contribution in [0.1, 0.15) is 18.1 Å². The summed E-state index contributed by atoms with van der Waals surface area (Å²) in [6.07, 6.45) is 0.907. The van der Waals surface area contributed by atoms with Crippen molar-refractivity contribution in [1.82, 2.24) is 0 Å². The van der Waals surface area contributed by atoms with Crippen molar-refractivity contribution in [2.45, 2.75) is 26.0 Å². The van der Waals surface area contributed by atoms with Crippen LogP contribution in [0.4, 0.5) is 5.69 Å². The molecule has 118 valence electrons. The molecular formula is C18H23NO3. The first kappa shape index (κ1) is 16.2. The van der Waals surface area contributed by atoms with E-state index < -0.39 is 0 Å². The SMILES string of the molecule is COc1ccc(CC(C)Nc2ccc(OC)c(CO)c2)cc1. The summed E-state index contributed by atoms with van der Waals surface area (Å²) in [5.41, 5.74) is 3.01. The van der Waals surface area contributed by atoms with Gasteiger partial charge in [0.25, 0.3) is 0 Å². The highest BCUT2D eigenvalue weighted by atomic mass is 16.5. The number of benzene rings is 2. The number of rotatable bonds is 7. The van der Waals surface area contributed by atoms with Gasteiger partial charge in [-0.1, -0.05) is 12.1 Å². The molecule has 4 heteroatoms. The van der Waals surface area contributed by atoms with E-state index in [0.29, 0.717) is 5.75 Å². The zero-order valence-corrected chi connectivity index (χ0v) is 13.3. The second kappa shape index (κ2) is 7.71. The number of ether oxygens (including phenoxy) is 2. The summed E-state index contributed by atoms with van der Waals surface area (Å²) in [5.74, 6) is 1.57. The van der Waals surface area contributed by atoms with Crippen molar-refractivity contribution < 1.29 is 14.6 Å². The van der Waals surface area contributed by atoms with E-state index in [1.165, 1.54) is 5.56 Å². The van der Waals surface area contributed by atoms with Crippen LogP contribution in [0.3, 0.4) is 0 Å². The summed E-state index contributed by atoms with van der Waals surface area (Å²) >= 11 is 0. The van der Waals surface area contributed by atoms with Crippen LogP contribution in [0.2, 0.25) is 0 Å². The van der Waals surface area contributed by atoms with Crippen molar-refractivity contribution in [3.05, 3.63) is 53.6 Å². The molecule has 0 heterocycles. The summed E-state index contributed by atoms with van der Waals surface area (Å²) in [7, 11) is 3.27. The highest BCUT2D eigenvalue weighted by Crippen LogP contribution is 2.23. The number of methoxy groups -OCH3 is 2. The summed E-state index contributed by atoms with van der Waals surface area (Å²) in [4.78, 5) is 0. The lowest BCUT2D eigenvalue weighted by atomic mass is 10.1. The Kier molecular flexibility index (Phi) is 5.67. The molecule has 1 unspecified atom stereocenters. The molecule has 0 fully saturated rings. The van der Waals surface area contributed by atoms with Gasteiger partial charge >= 0.3 is 0 Å². The molecule has 0 aliphatic carbocycles. The van der Waals surface area contributed by atoms with Gasteiger partial charge in [-0.05, 0) is 49.2 Å². The molecule has 0 spiro atoms. The smallest absolute Gasteiger partial charge is 0.124 e. The third-order valence-corrected chi connectivity index (χ3v) is 3.56. The number of aliphatic hydroxyl groups is 1. The number of anilines is 1. The van der Waals surface area contributed by atoms with Gasteiger partial charge in [0, 0.05) is 17.3 Å². The molecule has 1 atom stereocenters. The minimum absolute atomic E-state index is 0.0362. The van der Waals surface area contributed by atoms with Crippen LogP contribution < -0.4 is 14.8 Å². The fraction of sp³-hybridized carbons (Fsp3) is 0.333. The predicted octanol–water partition coefficient (Wildman–Crippen LogP) is 3.24. The summed E-state index contributed by atoms with van der Waals surface area (Å²) < 4.78 is 10.4. The molecule has 2 rings (SSSR count). The van der Waals surface area contributed by atoms with Crippen LogP contribution in [-0.2, 0) is 13.0 Å². The fourth-order valence-electron chi connectivity index (χ4n) is 2.44. The Morgan fingerprint density at radius 3 is 2.36 bits per heavy atom. The third kappa shape index (κ3) is 4.15. The van der Waals surface area contributed by atoms with Gasteiger partial charge in [0.2, 0.25) is 0 Å². The highest BCUT2D eigenvalue weighted by Gasteiger charge is 2.07. The molecular weight excluding hydrogens is 278 g/mol. The quantitative estimate of drug-likeness (QED) is 0.824. The molecule has 0 saturated heterocycles. The van der Waals surface area contributed by atoms with E-state index in [4.69, 9.17) is 9.47 Å². The molecule has 0 amide bonds. The van der Waals surface area contributed by atoms with E-state index in [1.807, 2.05) is 30.3 Å². The zero-order valence-electron chi connectivity index (χ0n) is 13.3. The molecule has 0 bridgehead atoms. The van der Waals surface area contributed by atoms with Gasteiger partial charge in [0.15, 0.2) is 0 Å². The van der Waals surface area contributed by atoms with Gasteiger partial charge in [0.1, 0.15) is 11.5 Å². The van der Waals surface area contributed by atoms with Gasteiger partial charge < -0.3 is 19.9 Å². The first-order valence-electron chi connectivity index (χ1n) is 7.33. The second-order valence-electron chi connectivity index (χ2n) is 5.28. The molecule has 0 radical (unpaired) electrons. The summed E-state index contributed by atoms with van der Waals surface area (Å²) in [5, 5.41) is 12.8. The van der Waals surface area contributed by atoms with E-state index in [-0.39, 0.29) is 12.6 Å². The molecule has 0 saturated carbocycles. The highest BCUT2D eigenvalue weighted by molar-refractivity contribution is 5.51. The molecule has 2 aromatic carbocycles. The summed E-state index contributed by atoms with van der Waals surface area (Å²) in [6.45, 7) is 2.10. The molecule has 0 aliphatic rings. The average molecular weight is 301 g/mol. The molecule has 2 aromatic rings. The lowest BCUT2D eigenvalue weighted by Gasteiger charge is -2.17. The van der Waals surface area contributed by atoms with Crippen LogP contribution in [0.25, 0.3) is 0 Å². The molecule has 2 N–H and O–H groups in total. The second-order valence-corrected chi connectivity index (χ2v) is 5.28. The summed E-state index contributed by atoms with van der Waals surface area (Å²) in [6, 6.07) is 14.1. The Balaban J connectivity index is 2.00. The maximum atomic E-state index is 9.37. The van der Waals surface area contributed by atoms with Crippen LogP contribution in [0.15, 0.2) is 42.5 Å². The van der Waals surface area contributed by atoms with E-state index in [1.54, 1.807) is 14.2 Å². The monoisotopic (exact) mass is 301 g/mol. The van der Waals surface area contributed by atoms with Crippen LogP contribution >= 0.6 is 0 Å². The zero-order chi connectivity index (χ0) is 15.9. The normalized spacial score (nSPS) is 11.8. The van der Waals surface area contributed by atoms with Gasteiger partial charge in [-0.2, -0.15) is 0 Å². The Labute approximate surface area is 131 Å². The number of nitrogens with one attached hydrogen (secondary N) is 1. The van der Waals surface area contributed by atoms with Crippen molar-refractivity contribution in [3.8, 4) is 11.5 Å². The van der Waals surface area contributed by atoms with Crippen LogP contribution in [0.5, 0.6) is 11.5 Å². The van der Waals surface area contributed by atoms with E-state index in [9.17, 15) is 5.11 Å². The van der Waals surface area contributed by atoms with Crippen molar-refractivity contribution in [1.29, 1.82) is 0 Å². The Hall–Kier alpha value is -2.20. The number of hydrogen-bond donors (Lipinski definition) is 2. The van der Waals surface area contributed by atoms with Crippen molar-refractivity contribution in [3.63, 3.8) is 0 Å². The average Bonchev–Trinajstić information content (AvgIpc) is 2.55. The molecule has 0 aliphatic heterocycles. The largest absolute Gasteiger partial charge is 0.497 e. The van der Waals surface area contributed by atoms with Crippen molar-refractivity contribution in [2.24, 2.45) is 0 Å². The maximum absolute atomic E-state index is 9.37. The topological polar surface area (TPSA) is 50.7 Å². The van der Waals surface area contributed by atoms with Gasteiger partial charge in [0.05, 0.1) is 20.8 Å². The first-order valence-corrected chi connectivity index (χ1v) is 7.33. The van der Waals surface area contributed by atoms with Gasteiger partial charge in [-0.3, -0.25) is 0 Å². The molecule has 4 nitrogen and oxygen atoms in total. The lowest BCUT2D eigenvalue weighted by Crippen LogP contribution is -2.18. The lowest BCUT2D eigenvalue weighted by molar-refractivity contribution is 0.274. The Morgan fingerprint density at radius 1 is 1.05 bits per heavy atom. The molecule has 22 heavy (non-hydrogen) atoms. The van der Waals surface area contributed by atoms with Gasteiger partial charge in [-0.15, -0.1) is 0 Å². The van der Waals surface area contributed by atoms with Gasteiger partial charge in [-0.25, -0.2) is 0 Å². The number of aliphatic hydroxyl groups excluding tert-OH is 1. The van der Waals surface area contributed by atoms with Crippen LogP contribution in [-0.4, -0.2) is 25.4 Å². The van der Waals surface area contributed by atoms with Crippen LogP contribution in [0, 0.1) is 0 Å².